The lowest BCUT2D eigenvalue weighted by atomic mass is 9.92. The van der Waals surface area contributed by atoms with Crippen LogP contribution in [0.25, 0.3) is 61.5 Å². The maximum Gasteiger partial charge on any atom is 0.0963 e. The molecule has 1 aliphatic rings. The highest BCUT2D eigenvalue weighted by Gasteiger charge is 2.24. The quantitative estimate of drug-likeness (QED) is 0.242. The molecule has 0 N–H and O–H groups in total. The molecule has 186 valence electrons. The molecule has 4 aromatic heterocycles. The fourth-order valence-electron chi connectivity index (χ4n) is 6.30. The van der Waals surface area contributed by atoms with Gasteiger partial charge in [0.05, 0.1) is 33.3 Å². The molecule has 0 aliphatic heterocycles. The summed E-state index contributed by atoms with van der Waals surface area (Å²) in [7, 11) is 0. The van der Waals surface area contributed by atoms with Crippen molar-refractivity contribution in [3.8, 4) is 22.5 Å². The van der Waals surface area contributed by atoms with Gasteiger partial charge in [-0.15, -0.1) is 0 Å². The highest BCUT2D eigenvalue weighted by atomic mass is 15.0. The molecule has 0 saturated carbocycles. The van der Waals surface area contributed by atoms with E-state index in [0.717, 1.165) is 45.4 Å². The molecule has 3 aromatic carbocycles. The molecule has 4 nitrogen and oxygen atoms in total. The van der Waals surface area contributed by atoms with Crippen LogP contribution >= 0.6 is 0 Å². The number of hydrogen-bond donors (Lipinski definition) is 0. The van der Waals surface area contributed by atoms with Crippen molar-refractivity contribution in [2.24, 2.45) is 0 Å². The molecule has 0 fully saturated rings. The molecule has 0 amide bonds. The molecule has 1 aliphatic carbocycles. The molecule has 39 heavy (non-hydrogen) atoms. The van der Waals surface area contributed by atoms with Crippen LogP contribution in [0.5, 0.6) is 0 Å². The Kier molecular flexibility index (Phi) is 4.83. The van der Waals surface area contributed by atoms with Crippen molar-refractivity contribution in [2.75, 3.05) is 0 Å². The van der Waals surface area contributed by atoms with Crippen LogP contribution in [0.3, 0.4) is 0 Å². The smallest absolute Gasteiger partial charge is 0.0963 e. The zero-order valence-electron chi connectivity index (χ0n) is 21.6. The summed E-state index contributed by atoms with van der Waals surface area (Å²) >= 11 is 0. The van der Waals surface area contributed by atoms with Gasteiger partial charge in [0.1, 0.15) is 0 Å². The molecule has 8 rings (SSSR count). The predicted molar refractivity (Wildman–Crippen MR) is 161 cm³/mol. The summed E-state index contributed by atoms with van der Waals surface area (Å²) in [4.78, 5) is 9.51. The van der Waals surface area contributed by atoms with Gasteiger partial charge in [-0.1, -0.05) is 55.5 Å². The average molecular weight is 503 g/mol. The van der Waals surface area contributed by atoms with E-state index in [1.165, 1.54) is 27.8 Å². The standard InChI is InChI=1S/C35H26N4/c1-23-9-4-16-30-33(23)35-32(18-8-20-37-35)39(30)27-13-6-11-25(22-27)24-10-5-12-26(21-24)38-29-15-3-2-14-28(29)34-31(38)17-7-19-36-34/h2-8,10-23H,9H2,1H3. The molecule has 4 heterocycles. The number of fused-ring (bicyclic) bond motifs is 6. The second-order valence-electron chi connectivity index (χ2n) is 10.4. The van der Waals surface area contributed by atoms with Gasteiger partial charge in [-0.2, -0.15) is 0 Å². The van der Waals surface area contributed by atoms with Crippen molar-refractivity contribution in [3.63, 3.8) is 0 Å². The van der Waals surface area contributed by atoms with Gasteiger partial charge < -0.3 is 9.13 Å². The first-order chi connectivity index (χ1) is 19.3. The van der Waals surface area contributed by atoms with E-state index < -0.39 is 0 Å². The highest BCUT2D eigenvalue weighted by molar-refractivity contribution is 6.07. The van der Waals surface area contributed by atoms with Gasteiger partial charge in [0.25, 0.3) is 0 Å². The predicted octanol–water partition coefficient (Wildman–Crippen LogP) is 8.71. The van der Waals surface area contributed by atoms with Crippen LogP contribution in [0, 0.1) is 0 Å². The summed E-state index contributed by atoms with van der Waals surface area (Å²) in [6, 6.07) is 34.5. The summed E-state index contributed by atoms with van der Waals surface area (Å²) in [6.07, 6.45) is 9.38. The van der Waals surface area contributed by atoms with Gasteiger partial charge >= 0.3 is 0 Å². The maximum atomic E-state index is 4.80. The Morgan fingerprint density at radius 3 is 2.05 bits per heavy atom. The first-order valence-corrected chi connectivity index (χ1v) is 13.5. The lowest BCUT2D eigenvalue weighted by Crippen LogP contribution is -2.03. The van der Waals surface area contributed by atoms with E-state index in [1.54, 1.807) is 0 Å². The van der Waals surface area contributed by atoms with Gasteiger partial charge in [-0.3, -0.25) is 9.97 Å². The number of allylic oxidation sites excluding steroid dienone is 1. The van der Waals surface area contributed by atoms with Gasteiger partial charge in [-0.05, 0) is 84.1 Å². The summed E-state index contributed by atoms with van der Waals surface area (Å²) in [5.74, 6) is 0.448. The molecule has 4 heteroatoms. The van der Waals surface area contributed by atoms with E-state index >= 15 is 0 Å². The van der Waals surface area contributed by atoms with Crippen LogP contribution in [-0.2, 0) is 0 Å². The number of nitrogens with zero attached hydrogens (tertiary/aromatic N) is 4. The Morgan fingerprint density at radius 2 is 1.28 bits per heavy atom. The third kappa shape index (κ3) is 3.31. The number of rotatable bonds is 3. The molecule has 7 aromatic rings. The van der Waals surface area contributed by atoms with Crippen molar-refractivity contribution in [2.45, 2.75) is 19.3 Å². The molecule has 1 unspecified atom stereocenters. The number of hydrogen-bond acceptors (Lipinski definition) is 2. The van der Waals surface area contributed by atoms with Crippen LogP contribution in [0.2, 0.25) is 0 Å². The third-order valence-corrected chi connectivity index (χ3v) is 8.03. The van der Waals surface area contributed by atoms with Gasteiger partial charge in [-0.25, -0.2) is 0 Å². The minimum atomic E-state index is 0.448. The van der Waals surface area contributed by atoms with Crippen LogP contribution in [0.1, 0.15) is 30.5 Å². The van der Waals surface area contributed by atoms with E-state index in [1.807, 2.05) is 24.5 Å². The minimum Gasteiger partial charge on any atom is -0.308 e. The molecule has 0 saturated heterocycles. The van der Waals surface area contributed by atoms with E-state index in [9.17, 15) is 0 Å². The first kappa shape index (κ1) is 22.1. The summed E-state index contributed by atoms with van der Waals surface area (Å²) in [6.45, 7) is 2.30. The monoisotopic (exact) mass is 502 g/mol. The first-order valence-electron chi connectivity index (χ1n) is 13.5. The number of para-hydroxylation sites is 1. The average Bonchev–Trinajstić information content (AvgIpc) is 3.51. The molecular weight excluding hydrogens is 476 g/mol. The molecule has 0 radical (unpaired) electrons. The molecule has 1 atom stereocenters. The topological polar surface area (TPSA) is 35.6 Å². The van der Waals surface area contributed by atoms with Crippen LogP contribution < -0.4 is 0 Å². The van der Waals surface area contributed by atoms with Crippen LogP contribution in [0.4, 0.5) is 0 Å². The second kappa shape index (κ2) is 8.53. The largest absolute Gasteiger partial charge is 0.308 e. The zero-order chi connectivity index (χ0) is 25.9. The lowest BCUT2D eigenvalue weighted by Gasteiger charge is -2.17. The maximum absolute atomic E-state index is 4.80. The van der Waals surface area contributed by atoms with Gasteiger partial charge in [0, 0.05) is 34.7 Å². The SMILES string of the molecule is CC1CC=Cc2c1c1ncccc1n2-c1cccc(-c2cccc(-n3c4ccccc4c4ncccc43)c2)c1. The lowest BCUT2D eigenvalue weighted by molar-refractivity contribution is 0.771. The van der Waals surface area contributed by atoms with Gasteiger partial charge in [0.15, 0.2) is 0 Å². The Morgan fingerprint density at radius 1 is 0.641 bits per heavy atom. The summed E-state index contributed by atoms with van der Waals surface area (Å²) in [5, 5.41) is 1.17. The van der Waals surface area contributed by atoms with E-state index in [0.29, 0.717) is 5.92 Å². The fourth-order valence-corrected chi connectivity index (χ4v) is 6.30. The number of aromatic nitrogens is 4. The number of benzene rings is 3. The van der Waals surface area contributed by atoms with Crippen molar-refractivity contribution in [1.82, 2.24) is 19.1 Å². The fraction of sp³-hybridized carbons (Fsp3) is 0.0857. The Balaban J connectivity index is 1.30. The third-order valence-electron chi connectivity index (χ3n) is 8.03. The Bertz CT molecular complexity index is 2020. The van der Waals surface area contributed by atoms with E-state index in [2.05, 4.69) is 113 Å². The Hall–Kier alpha value is -4.96. The number of pyridine rings is 2. The van der Waals surface area contributed by atoms with Gasteiger partial charge in [0.2, 0.25) is 0 Å². The zero-order valence-corrected chi connectivity index (χ0v) is 21.6. The second-order valence-corrected chi connectivity index (χ2v) is 10.4. The van der Waals surface area contributed by atoms with Crippen molar-refractivity contribution in [1.29, 1.82) is 0 Å². The minimum absolute atomic E-state index is 0.448. The van der Waals surface area contributed by atoms with Crippen molar-refractivity contribution >= 4 is 39.0 Å². The van der Waals surface area contributed by atoms with Crippen LogP contribution in [-0.4, -0.2) is 19.1 Å². The van der Waals surface area contributed by atoms with Crippen molar-refractivity contribution in [3.05, 3.63) is 127 Å². The summed E-state index contributed by atoms with van der Waals surface area (Å²) < 4.78 is 4.69. The molecule has 0 spiro atoms. The molecular formula is C35H26N4. The van der Waals surface area contributed by atoms with E-state index in [4.69, 9.17) is 9.97 Å². The Labute approximate surface area is 226 Å². The normalized spacial score (nSPS) is 14.8. The summed E-state index contributed by atoms with van der Waals surface area (Å²) in [5.41, 5.74) is 12.8. The van der Waals surface area contributed by atoms with E-state index in [-0.39, 0.29) is 0 Å². The highest BCUT2D eigenvalue weighted by Crippen LogP contribution is 2.39. The van der Waals surface area contributed by atoms with Crippen molar-refractivity contribution < 1.29 is 0 Å². The molecule has 0 bridgehead atoms. The van der Waals surface area contributed by atoms with Crippen LogP contribution in [0.15, 0.2) is 116 Å².